The van der Waals surface area contributed by atoms with Gasteiger partial charge < -0.3 is 0 Å². The predicted molar refractivity (Wildman–Crippen MR) is 90.9 cm³/mol. The Labute approximate surface area is 137 Å². The number of amides is 1. The number of fused-ring (bicyclic) bond motifs is 1. The largest absolute Gasteiger partial charge is 0.298 e. The first-order chi connectivity index (χ1) is 10.5. The average Bonchev–Trinajstić information content (AvgIpc) is 2.95. The van der Waals surface area contributed by atoms with Crippen LogP contribution < -0.4 is 5.32 Å². The Morgan fingerprint density at radius 2 is 2.05 bits per heavy atom. The monoisotopic (exact) mass is 331 g/mol. The van der Waals surface area contributed by atoms with E-state index in [2.05, 4.69) is 29.1 Å². The number of carbonyl (C=O) groups is 1. The number of rotatable bonds is 3. The van der Waals surface area contributed by atoms with Gasteiger partial charge in [-0.1, -0.05) is 25.4 Å². The van der Waals surface area contributed by atoms with E-state index in [1.807, 2.05) is 11.4 Å². The van der Waals surface area contributed by atoms with Crippen LogP contribution >= 0.6 is 22.9 Å². The molecule has 0 aliphatic heterocycles. The second-order valence-corrected chi connectivity index (χ2v) is 6.47. The Kier molecular flexibility index (Phi) is 4.09. The molecule has 112 valence electrons. The van der Waals surface area contributed by atoms with Crippen LogP contribution in [0.5, 0.6) is 0 Å². The van der Waals surface area contributed by atoms with Gasteiger partial charge in [-0.3, -0.25) is 10.1 Å². The smallest absolute Gasteiger partial charge is 0.257 e. The predicted octanol–water partition coefficient (Wildman–Crippen LogP) is 4.72. The fourth-order valence-electron chi connectivity index (χ4n) is 2.02. The van der Waals surface area contributed by atoms with E-state index in [1.165, 1.54) is 11.3 Å². The molecule has 0 saturated carbocycles. The van der Waals surface area contributed by atoms with Crippen molar-refractivity contribution in [3.8, 4) is 0 Å². The molecule has 1 aromatic carbocycles. The maximum Gasteiger partial charge on any atom is 0.257 e. The lowest BCUT2D eigenvalue weighted by atomic mass is 10.1. The van der Waals surface area contributed by atoms with Crippen molar-refractivity contribution in [2.75, 3.05) is 5.32 Å². The van der Waals surface area contributed by atoms with Crippen molar-refractivity contribution in [2.24, 2.45) is 0 Å². The van der Waals surface area contributed by atoms with Crippen LogP contribution in [0.2, 0.25) is 5.15 Å². The lowest BCUT2D eigenvalue weighted by Gasteiger charge is -2.04. The number of halogens is 1. The van der Waals surface area contributed by atoms with Crippen LogP contribution in [0.4, 0.5) is 5.13 Å². The molecule has 1 N–H and O–H groups in total. The van der Waals surface area contributed by atoms with Crippen LogP contribution in [0.3, 0.4) is 0 Å². The summed E-state index contributed by atoms with van der Waals surface area (Å²) in [6.07, 6.45) is 0. The molecular formula is C16H14ClN3OS. The number of hydrogen-bond acceptors (Lipinski definition) is 4. The SMILES string of the molecule is CC(C)c1csc(NC(=O)c2ccc3nc(Cl)ccc3c2)n1. The topological polar surface area (TPSA) is 54.9 Å². The molecule has 6 heteroatoms. The molecule has 0 aliphatic rings. The van der Waals surface area contributed by atoms with Gasteiger partial charge in [0.25, 0.3) is 5.91 Å². The van der Waals surface area contributed by atoms with E-state index in [1.54, 1.807) is 24.3 Å². The maximum absolute atomic E-state index is 12.3. The quantitative estimate of drug-likeness (QED) is 0.706. The van der Waals surface area contributed by atoms with Crippen LogP contribution in [0.1, 0.15) is 35.8 Å². The first-order valence-electron chi connectivity index (χ1n) is 6.86. The molecule has 1 amide bonds. The Balaban J connectivity index is 1.83. The number of nitrogens with one attached hydrogen (secondary N) is 1. The van der Waals surface area contributed by atoms with Crippen LogP contribution in [-0.2, 0) is 0 Å². The summed E-state index contributed by atoms with van der Waals surface area (Å²) in [5.74, 6) is 0.167. The number of hydrogen-bond donors (Lipinski definition) is 1. The Morgan fingerprint density at radius 3 is 2.77 bits per heavy atom. The zero-order valence-corrected chi connectivity index (χ0v) is 13.7. The van der Waals surface area contributed by atoms with Crippen molar-refractivity contribution in [2.45, 2.75) is 19.8 Å². The highest BCUT2D eigenvalue weighted by Gasteiger charge is 2.11. The van der Waals surface area contributed by atoms with E-state index in [4.69, 9.17) is 11.6 Å². The van der Waals surface area contributed by atoms with Gasteiger partial charge in [0.1, 0.15) is 5.15 Å². The van der Waals surface area contributed by atoms with Crippen LogP contribution in [-0.4, -0.2) is 15.9 Å². The van der Waals surface area contributed by atoms with Crippen LogP contribution in [0, 0.1) is 0 Å². The number of carbonyl (C=O) groups excluding carboxylic acids is 1. The molecule has 0 bridgehead atoms. The van der Waals surface area contributed by atoms with Crippen molar-refractivity contribution in [3.05, 3.63) is 52.1 Å². The molecular weight excluding hydrogens is 318 g/mol. The van der Waals surface area contributed by atoms with Gasteiger partial charge >= 0.3 is 0 Å². The van der Waals surface area contributed by atoms with Gasteiger partial charge in [-0.25, -0.2) is 9.97 Å². The third kappa shape index (κ3) is 3.10. The molecule has 0 aliphatic carbocycles. The zero-order valence-electron chi connectivity index (χ0n) is 12.1. The molecule has 0 fully saturated rings. The van der Waals surface area contributed by atoms with Gasteiger partial charge in [0, 0.05) is 16.3 Å². The highest BCUT2D eigenvalue weighted by atomic mass is 35.5. The first kappa shape index (κ1) is 14.9. The molecule has 0 unspecified atom stereocenters. The minimum Gasteiger partial charge on any atom is -0.298 e. The van der Waals surface area contributed by atoms with Gasteiger partial charge in [-0.05, 0) is 36.2 Å². The third-order valence-electron chi connectivity index (χ3n) is 3.25. The fraction of sp³-hybridized carbons (Fsp3) is 0.188. The van der Waals surface area contributed by atoms with Gasteiger partial charge in [0.05, 0.1) is 11.2 Å². The van der Waals surface area contributed by atoms with E-state index in [-0.39, 0.29) is 5.91 Å². The Bertz CT molecular complexity index is 844. The Hall–Kier alpha value is -1.98. The number of benzene rings is 1. The maximum atomic E-state index is 12.3. The highest BCUT2D eigenvalue weighted by molar-refractivity contribution is 7.14. The van der Waals surface area contributed by atoms with Crippen molar-refractivity contribution >= 4 is 44.9 Å². The van der Waals surface area contributed by atoms with E-state index in [0.29, 0.717) is 21.8 Å². The van der Waals surface area contributed by atoms with E-state index in [9.17, 15) is 4.79 Å². The molecule has 0 saturated heterocycles. The molecule has 0 radical (unpaired) electrons. The summed E-state index contributed by atoms with van der Waals surface area (Å²) in [5, 5.41) is 6.72. The first-order valence-corrected chi connectivity index (χ1v) is 8.12. The molecule has 3 rings (SSSR count). The molecule has 0 spiro atoms. The molecule has 0 atom stereocenters. The van der Waals surface area contributed by atoms with Crippen molar-refractivity contribution in [1.29, 1.82) is 0 Å². The van der Waals surface area contributed by atoms with Crippen molar-refractivity contribution < 1.29 is 4.79 Å². The van der Waals surface area contributed by atoms with E-state index < -0.39 is 0 Å². The fourth-order valence-corrected chi connectivity index (χ4v) is 3.04. The number of anilines is 1. The lowest BCUT2D eigenvalue weighted by molar-refractivity contribution is 0.102. The molecule has 2 aromatic heterocycles. The minimum atomic E-state index is -0.179. The summed E-state index contributed by atoms with van der Waals surface area (Å²) in [4.78, 5) is 20.9. The summed E-state index contributed by atoms with van der Waals surface area (Å²) in [7, 11) is 0. The lowest BCUT2D eigenvalue weighted by Crippen LogP contribution is -2.11. The number of aromatic nitrogens is 2. The number of pyridine rings is 1. The average molecular weight is 332 g/mol. The van der Waals surface area contributed by atoms with E-state index in [0.717, 1.165) is 16.6 Å². The van der Waals surface area contributed by atoms with Crippen molar-refractivity contribution in [1.82, 2.24) is 9.97 Å². The summed E-state index contributed by atoms with van der Waals surface area (Å²) in [6, 6.07) is 8.88. The van der Waals surface area contributed by atoms with Gasteiger partial charge in [0.15, 0.2) is 5.13 Å². The molecule has 3 aromatic rings. The van der Waals surface area contributed by atoms with Gasteiger partial charge in [0.2, 0.25) is 0 Å². The second kappa shape index (κ2) is 6.02. The molecule has 2 heterocycles. The van der Waals surface area contributed by atoms with Crippen LogP contribution in [0.25, 0.3) is 10.9 Å². The number of thiazole rings is 1. The van der Waals surface area contributed by atoms with Gasteiger partial charge in [-0.2, -0.15) is 0 Å². The summed E-state index contributed by atoms with van der Waals surface area (Å²) < 4.78 is 0. The highest BCUT2D eigenvalue weighted by Crippen LogP contribution is 2.23. The normalized spacial score (nSPS) is 11.1. The van der Waals surface area contributed by atoms with Crippen molar-refractivity contribution in [3.63, 3.8) is 0 Å². The second-order valence-electron chi connectivity index (χ2n) is 5.23. The van der Waals surface area contributed by atoms with Gasteiger partial charge in [-0.15, -0.1) is 11.3 Å². The molecule has 22 heavy (non-hydrogen) atoms. The number of nitrogens with zero attached hydrogens (tertiary/aromatic N) is 2. The zero-order chi connectivity index (χ0) is 15.7. The molecule has 4 nitrogen and oxygen atoms in total. The minimum absolute atomic E-state index is 0.179. The van der Waals surface area contributed by atoms with Crippen LogP contribution in [0.15, 0.2) is 35.7 Å². The summed E-state index contributed by atoms with van der Waals surface area (Å²) in [5.41, 5.74) is 2.32. The third-order valence-corrected chi connectivity index (χ3v) is 4.24. The summed E-state index contributed by atoms with van der Waals surface area (Å²) >= 11 is 7.29. The Morgan fingerprint density at radius 1 is 1.23 bits per heavy atom. The van der Waals surface area contributed by atoms with E-state index >= 15 is 0 Å². The summed E-state index contributed by atoms with van der Waals surface area (Å²) in [6.45, 7) is 4.14. The standard InChI is InChI=1S/C16H14ClN3OS/c1-9(2)13-8-22-16(19-13)20-15(21)11-3-5-12-10(7-11)4-6-14(17)18-12/h3-9H,1-2H3,(H,19,20,21).